The van der Waals surface area contributed by atoms with Gasteiger partial charge in [-0.3, -0.25) is 4.90 Å². The molecule has 6 heteroatoms. The van der Waals surface area contributed by atoms with Gasteiger partial charge in [0.1, 0.15) is 17.6 Å². The molecule has 1 saturated heterocycles. The van der Waals surface area contributed by atoms with Crippen LogP contribution in [0.3, 0.4) is 0 Å². The van der Waals surface area contributed by atoms with Crippen LogP contribution in [-0.2, 0) is 17.8 Å². The van der Waals surface area contributed by atoms with Gasteiger partial charge in [0.15, 0.2) is 0 Å². The third-order valence-electron chi connectivity index (χ3n) is 3.58. The Morgan fingerprint density at radius 2 is 2.10 bits per heavy atom. The van der Waals surface area contributed by atoms with Crippen LogP contribution in [0.25, 0.3) is 0 Å². The van der Waals surface area contributed by atoms with Crippen LogP contribution in [0.4, 0.5) is 0 Å². The highest BCUT2D eigenvalue weighted by atomic mass is 16.5. The molecule has 1 atom stereocenters. The molecule has 1 aliphatic heterocycles. The summed E-state index contributed by atoms with van der Waals surface area (Å²) < 4.78 is 17.0. The topological polar surface area (TPSA) is 64.5 Å². The Morgan fingerprint density at radius 3 is 2.81 bits per heavy atom. The zero-order chi connectivity index (χ0) is 14.7. The van der Waals surface area contributed by atoms with Crippen LogP contribution >= 0.6 is 0 Å². The van der Waals surface area contributed by atoms with Crippen LogP contribution in [0.5, 0.6) is 0 Å². The fourth-order valence-electron chi connectivity index (χ4n) is 2.57. The molecule has 2 aromatic rings. The number of hydrogen-bond donors (Lipinski definition) is 0. The van der Waals surface area contributed by atoms with Gasteiger partial charge in [-0.15, -0.1) is 10.2 Å². The summed E-state index contributed by atoms with van der Waals surface area (Å²) in [6.07, 6.45) is 3.52. The molecule has 0 saturated carbocycles. The second-order valence-electron chi connectivity index (χ2n) is 5.55. The summed E-state index contributed by atoms with van der Waals surface area (Å²) in [4.78, 5) is 2.08. The molecule has 0 radical (unpaired) electrons. The third kappa shape index (κ3) is 3.71. The van der Waals surface area contributed by atoms with E-state index in [9.17, 15) is 0 Å². The van der Waals surface area contributed by atoms with Gasteiger partial charge in [-0.2, -0.15) is 0 Å². The molecule has 1 unspecified atom stereocenters. The van der Waals surface area contributed by atoms with Gasteiger partial charge >= 0.3 is 0 Å². The van der Waals surface area contributed by atoms with Crippen molar-refractivity contribution in [3.63, 3.8) is 0 Å². The van der Waals surface area contributed by atoms with Crippen LogP contribution in [-0.4, -0.2) is 28.8 Å². The summed E-state index contributed by atoms with van der Waals surface area (Å²) in [5, 5.41) is 7.83. The molecule has 0 amide bonds. The average molecular weight is 291 g/mol. The van der Waals surface area contributed by atoms with Gasteiger partial charge in [0.05, 0.1) is 13.1 Å². The molecule has 0 bridgehead atoms. The molecule has 0 spiro atoms. The van der Waals surface area contributed by atoms with E-state index in [-0.39, 0.29) is 6.10 Å². The molecule has 0 aliphatic carbocycles. The van der Waals surface area contributed by atoms with Crippen molar-refractivity contribution >= 4 is 0 Å². The van der Waals surface area contributed by atoms with Crippen molar-refractivity contribution in [1.29, 1.82) is 0 Å². The standard InChI is InChI=1S/C15H21N3O3/c1-11-16-17-15(20-11)10-18(2)9-12-6-7-14(21-12)13-5-3-4-8-19-13/h6-7,13H,3-5,8-10H2,1-2H3. The summed E-state index contributed by atoms with van der Waals surface area (Å²) in [6.45, 7) is 3.93. The number of ether oxygens (including phenoxy) is 1. The van der Waals surface area contributed by atoms with E-state index in [1.54, 1.807) is 6.92 Å². The number of nitrogens with zero attached hydrogens (tertiary/aromatic N) is 3. The molecule has 1 fully saturated rings. The Bertz CT molecular complexity index is 572. The summed E-state index contributed by atoms with van der Waals surface area (Å²) in [7, 11) is 2.00. The molecule has 2 aromatic heterocycles. The van der Waals surface area contributed by atoms with Crippen molar-refractivity contribution in [2.75, 3.05) is 13.7 Å². The molecular formula is C15H21N3O3. The molecule has 3 heterocycles. The van der Waals surface area contributed by atoms with Crippen molar-refractivity contribution in [3.05, 3.63) is 35.4 Å². The summed E-state index contributed by atoms with van der Waals surface area (Å²) >= 11 is 0. The van der Waals surface area contributed by atoms with Crippen LogP contribution in [0, 0.1) is 6.92 Å². The lowest BCUT2D eigenvalue weighted by molar-refractivity contribution is 0.000885. The van der Waals surface area contributed by atoms with E-state index in [2.05, 4.69) is 15.1 Å². The van der Waals surface area contributed by atoms with Crippen LogP contribution in [0.1, 0.15) is 48.7 Å². The van der Waals surface area contributed by atoms with Gasteiger partial charge in [-0.05, 0) is 38.4 Å². The van der Waals surface area contributed by atoms with Crippen molar-refractivity contribution in [2.45, 2.75) is 45.4 Å². The maximum Gasteiger partial charge on any atom is 0.230 e. The summed E-state index contributed by atoms with van der Waals surface area (Å²) in [5.41, 5.74) is 0. The van der Waals surface area contributed by atoms with Crippen molar-refractivity contribution in [2.24, 2.45) is 0 Å². The van der Waals surface area contributed by atoms with Gasteiger partial charge in [-0.1, -0.05) is 0 Å². The SMILES string of the molecule is Cc1nnc(CN(C)Cc2ccc(C3CCCCO3)o2)o1. The molecule has 6 nitrogen and oxygen atoms in total. The minimum absolute atomic E-state index is 0.122. The lowest BCUT2D eigenvalue weighted by Crippen LogP contribution is -2.17. The van der Waals surface area contributed by atoms with Gasteiger partial charge in [0.25, 0.3) is 0 Å². The first-order valence-electron chi connectivity index (χ1n) is 7.38. The number of hydrogen-bond acceptors (Lipinski definition) is 6. The smallest absolute Gasteiger partial charge is 0.230 e. The van der Waals surface area contributed by atoms with Gasteiger partial charge in [-0.25, -0.2) is 0 Å². The fraction of sp³-hybridized carbons (Fsp3) is 0.600. The maximum absolute atomic E-state index is 5.90. The second kappa shape index (κ2) is 6.41. The minimum Gasteiger partial charge on any atom is -0.462 e. The van der Waals surface area contributed by atoms with E-state index in [1.165, 1.54) is 6.42 Å². The van der Waals surface area contributed by atoms with Crippen LogP contribution < -0.4 is 0 Å². The molecule has 114 valence electrons. The second-order valence-corrected chi connectivity index (χ2v) is 5.55. The first kappa shape index (κ1) is 14.3. The highest BCUT2D eigenvalue weighted by molar-refractivity contribution is 5.10. The van der Waals surface area contributed by atoms with Gasteiger partial charge < -0.3 is 13.6 Å². The molecule has 0 N–H and O–H groups in total. The maximum atomic E-state index is 5.90. The Kier molecular flexibility index (Phi) is 4.36. The number of aromatic nitrogens is 2. The summed E-state index contributed by atoms with van der Waals surface area (Å²) in [5.74, 6) is 3.08. The van der Waals surface area contributed by atoms with Crippen LogP contribution in [0.15, 0.2) is 21.0 Å². The van der Waals surface area contributed by atoms with E-state index >= 15 is 0 Å². The minimum atomic E-state index is 0.122. The highest BCUT2D eigenvalue weighted by Gasteiger charge is 2.19. The van der Waals surface area contributed by atoms with E-state index in [0.29, 0.717) is 24.9 Å². The Labute approximate surface area is 124 Å². The largest absolute Gasteiger partial charge is 0.462 e. The van der Waals surface area contributed by atoms with E-state index < -0.39 is 0 Å². The zero-order valence-corrected chi connectivity index (χ0v) is 12.5. The fourth-order valence-corrected chi connectivity index (χ4v) is 2.57. The lowest BCUT2D eigenvalue weighted by atomic mass is 10.1. The normalized spacial score (nSPS) is 19.3. The predicted molar refractivity (Wildman–Crippen MR) is 75.5 cm³/mol. The average Bonchev–Trinajstić information content (AvgIpc) is 3.09. The van der Waals surface area contributed by atoms with E-state index in [4.69, 9.17) is 13.6 Å². The Balaban J connectivity index is 1.56. The lowest BCUT2D eigenvalue weighted by Gasteiger charge is -2.20. The first-order chi connectivity index (χ1) is 10.2. The van der Waals surface area contributed by atoms with E-state index in [0.717, 1.165) is 31.0 Å². The monoisotopic (exact) mass is 291 g/mol. The third-order valence-corrected chi connectivity index (χ3v) is 3.58. The van der Waals surface area contributed by atoms with Gasteiger partial charge in [0.2, 0.25) is 11.8 Å². The van der Waals surface area contributed by atoms with Crippen molar-refractivity contribution in [3.8, 4) is 0 Å². The zero-order valence-electron chi connectivity index (χ0n) is 12.5. The predicted octanol–water partition coefficient (Wildman–Crippen LogP) is 2.84. The molecule has 3 rings (SSSR count). The van der Waals surface area contributed by atoms with Crippen molar-refractivity contribution in [1.82, 2.24) is 15.1 Å². The molecule has 1 aliphatic rings. The number of aryl methyl sites for hydroxylation is 1. The van der Waals surface area contributed by atoms with Gasteiger partial charge in [0, 0.05) is 13.5 Å². The first-order valence-corrected chi connectivity index (χ1v) is 7.38. The quantitative estimate of drug-likeness (QED) is 0.844. The Morgan fingerprint density at radius 1 is 1.19 bits per heavy atom. The van der Waals surface area contributed by atoms with E-state index in [1.807, 2.05) is 19.2 Å². The molecule has 0 aromatic carbocycles. The van der Waals surface area contributed by atoms with Crippen LogP contribution in [0.2, 0.25) is 0 Å². The highest BCUT2D eigenvalue weighted by Crippen LogP contribution is 2.29. The molecular weight excluding hydrogens is 270 g/mol. The Hall–Kier alpha value is -1.66. The summed E-state index contributed by atoms with van der Waals surface area (Å²) in [6, 6.07) is 4.04. The molecule has 21 heavy (non-hydrogen) atoms. The number of rotatable bonds is 5. The van der Waals surface area contributed by atoms with Crippen molar-refractivity contribution < 1.29 is 13.6 Å². The number of furan rings is 1.